The van der Waals surface area contributed by atoms with Gasteiger partial charge in [0.2, 0.25) is 0 Å². The average Bonchev–Trinajstić information content (AvgIpc) is 2.02. The quantitative estimate of drug-likeness (QED) is 0.339. The highest BCUT2D eigenvalue weighted by atomic mass is 32.2. The van der Waals surface area contributed by atoms with E-state index in [9.17, 15) is 8.42 Å². The van der Waals surface area contributed by atoms with Crippen LogP contribution in [0.2, 0.25) is 0 Å². The predicted molar refractivity (Wildman–Crippen MR) is 55.0 cm³/mol. The normalized spacial score (nSPS) is 15.5. The maximum absolute atomic E-state index is 11.0. The van der Waals surface area contributed by atoms with E-state index in [1.54, 1.807) is 6.92 Å². The minimum Gasteiger partial charge on any atom is -0.330 e. The summed E-state index contributed by atoms with van der Waals surface area (Å²) in [5.41, 5.74) is 15.0. The smallest absolute Gasteiger partial charge is 0.270 e. The van der Waals surface area contributed by atoms with Crippen molar-refractivity contribution in [3.05, 3.63) is 0 Å². The SMILES string of the molecule is CCC(N)(N)C(CCCN)S(=O)(=O)O. The van der Waals surface area contributed by atoms with Gasteiger partial charge < -0.3 is 17.2 Å². The zero-order chi connectivity index (χ0) is 11.4. The Morgan fingerprint density at radius 1 is 1.43 bits per heavy atom. The van der Waals surface area contributed by atoms with Gasteiger partial charge >= 0.3 is 0 Å². The minimum atomic E-state index is -4.21. The van der Waals surface area contributed by atoms with Crippen molar-refractivity contribution in [1.82, 2.24) is 0 Å². The van der Waals surface area contributed by atoms with Crippen molar-refractivity contribution in [2.45, 2.75) is 37.1 Å². The van der Waals surface area contributed by atoms with Crippen LogP contribution in [0.5, 0.6) is 0 Å². The fraction of sp³-hybridized carbons (Fsp3) is 1.00. The third-order valence-corrected chi connectivity index (χ3v) is 3.64. The van der Waals surface area contributed by atoms with Crippen molar-refractivity contribution in [1.29, 1.82) is 0 Å². The van der Waals surface area contributed by atoms with E-state index in [1.807, 2.05) is 0 Å². The molecule has 14 heavy (non-hydrogen) atoms. The van der Waals surface area contributed by atoms with Gasteiger partial charge in [-0.25, -0.2) is 0 Å². The van der Waals surface area contributed by atoms with Crippen LogP contribution >= 0.6 is 0 Å². The molecule has 0 saturated heterocycles. The van der Waals surface area contributed by atoms with Crippen molar-refractivity contribution in [2.75, 3.05) is 6.54 Å². The van der Waals surface area contributed by atoms with Crippen LogP contribution in [-0.2, 0) is 10.1 Å². The van der Waals surface area contributed by atoms with Crippen molar-refractivity contribution in [2.24, 2.45) is 17.2 Å². The predicted octanol–water partition coefficient (Wildman–Crippen LogP) is -0.995. The molecule has 0 aromatic rings. The molecular formula is C7H19N3O3S. The van der Waals surface area contributed by atoms with Crippen LogP contribution in [-0.4, -0.2) is 30.4 Å². The van der Waals surface area contributed by atoms with Crippen molar-refractivity contribution >= 4 is 10.1 Å². The standard InChI is InChI=1S/C7H19N3O3S/c1-2-7(9,10)6(4-3-5-8)14(11,12)13/h6H,2-5,8-10H2,1H3,(H,11,12,13). The summed E-state index contributed by atoms with van der Waals surface area (Å²) in [6.07, 6.45) is 0.902. The molecule has 7 heteroatoms. The Morgan fingerprint density at radius 2 is 1.93 bits per heavy atom. The Kier molecular flexibility index (Phi) is 4.96. The minimum absolute atomic E-state index is 0.177. The lowest BCUT2D eigenvalue weighted by Gasteiger charge is -2.30. The maximum atomic E-state index is 11.0. The third-order valence-electron chi connectivity index (χ3n) is 2.24. The summed E-state index contributed by atoms with van der Waals surface area (Å²) in [5.74, 6) is 0. The Balaban J connectivity index is 4.74. The van der Waals surface area contributed by atoms with E-state index in [-0.39, 0.29) is 12.8 Å². The van der Waals surface area contributed by atoms with Crippen LogP contribution < -0.4 is 17.2 Å². The average molecular weight is 225 g/mol. The van der Waals surface area contributed by atoms with E-state index in [0.29, 0.717) is 13.0 Å². The summed E-state index contributed by atoms with van der Waals surface area (Å²) >= 11 is 0. The largest absolute Gasteiger partial charge is 0.330 e. The van der Waals surface area contributed by atoms with Gasteiger partial charge in [0.25, 0.3) is 10.1 Å². The van der Waals surface area contributed by atoms with Gasteiger partial charge in [0.05, 0.1) is 5.66 Å². The Bertz CT molecular complexity index is 263. The second-order valence-corrected chi connectivity index (χ2v) is 5.00. The first-order valence-corrected chi connectivity index (χ1v) is 6.00. The molecule has 0 aliphatic carbocycles. The number of hydrogen-bond acceptors (Lipinski definition) is 5. The first-order chi connectivity index (χ1) is 6.25. The molecular weight excluding hydrogens is 206 g/mol. The molecule has 0 heterocycles. The highest BCUT2D eigenvalue weighted by molar-refractivity contribution is 7.86. The van der Waals surface area contributed by atoms with Crippen molar-refractivity contribution < 1.29 is 13.0 Å². The molecule has 0 rings (SSSR count). The van der Waals surface area contributed by atoms with Gasteiger partial charge in [-0.3, -0.25) is 4.55 Å². The lowest BCUT2D eigenvalue weighted by molar-refractivity contribution is 0.351. The molecule has 0 aliphatic heterocycles. The molecule has 0 bridgehead atoms. The highest BCUT2D eigenvalue weighted by Crippen LogP contribution is 2.18. The molecule has 0 aromatic carbocycles. The Hall–Kier alpha value is -0.210. The van der Waals surface area contributed by atoms with E-state index < -0.39 is 21.0 Å². The summed E-state index contributed by atoms with van der Waals surface area (Å²) in [4.78, 5) is 0. The first-order valence-electron chi connectivity index (χ1n) is 4.49. The second-order valence-electron chi connectivity index (χ2n) is 3.40. The van der Waals surface area contributed by atoms with E-state index in [0.717, 1.165) is 0 Å². The summed E-state index contributed by atoms with van der Waals surface area (Å²) in [7, 11) is -4.21. The monoisotopic (exact) mass is 225 g/mol. The number of rotatable bonds is 6. The van der Waals surface area contributed by atoms with Gasteiger partial charge in [-0.05, 0) is 25.8 Å². The van der Waals surface area contributed by atoms with E-state index in [4.69, 9.17) is 21.8 Å². The van der Waals surface area contributed by atoms with Gasteiger partial charge in [-0.15, -0.1) is 0 Å². The van der Waals surface area contributed by atoms with Gasteiger partial charge in [0.1, 0.15) is 5.25 Å². The molecule has 0 amide bonds. The molecule has 0 spiro atoms. The summed E-state index contributed by atoms with van der Waals surface area (Å²) in [6.45, 7) is 2.01. The molecule has 0 fully saturated rings. The van der Waals surface area contributed by atoms with Crippen LogP contribution in [0, 0.1) is 0 Å². The van der Waals surface area contributed by atoms with Gasteiger partial charge in [0, 0.05) is 0 Å². The van der Waals surface area contributed by atoms with Gasteiger partial charge in [0.15, 0.2) is 0 Å². The number of nitrogens with two attached hydrogens (primary N) is 3. The highest BCUT2D eigenvalue weighted by Gasteiger charge is 2.37. The summed E-state index contributed by atoms with van der Waals surface area (Å²) in [6, 6.07) is 0. The van der Waals surface area contributed by atoms with E-state index in [1.165, 1.54) is 0 Å². The zero-order valence-corrected chi connectivity index (χ0v) is 9.13. The molecule has 0 saturated carbocycles. The summed E-state index contributed by atoms with van der Waals surface area (Å²) < 4.78 is 30.9. The molecule has 7 N–H and O–H groups in total. The zero-order valence-electron chi connectivity index (χ0n) is 8.31. The molecule has 86 valence electrons. The topological polar surface area (TPSA) is 132 Å². The van der Waals surface area contributed by atoms with Gasteiger partial charge in [-0.2, -0.15) is 8.42 Å². The van der Waals surface area contributed by atoms with Crippen molar-refractivity contribution in [3.8, 4) is 0 Å². The fourth-order valence-corrected chi connectivity index (χ4v) is 2.41. The first kappa shape index (κ1) is 13.8. The number of hydrogen-bond donors (Lipinski definition) is 4. The van der Waals surface area contributed by atoms with Crippen LogP contribution in [0.25, 0.3) is 0 Å². The molecule has 1 unspecified atom stereocenters. The van der Waals surface area contributed by atoms with E-state index >= 15 is 0 Å². The molecule has 6 nitrogen and oxygen atoms in total. The van der Waals surface area contributed by atoms with Crippen LogP contribution in [0.3, 0.4) is 0 Å². The molecule has 1 atom stereocenters. The Labute approximate surface area is 84.6 Å². The maximum Gasteiger partial charge on any atom is 0.270 e. The van der Waals surface area contributed by atoms with E-state index in [2.05, 4.69) is 0 Å². The second kappa shape index (κ2) is 5.04. The van der Waals surface area contributed by atoms with Gasteiger partial charge in [-0.1, -0.05) is 6.92 Å². The lowest BCUT2D eigenvalue weighted by Crippen LogP contribution is -2.60. The molecule has 0 aliphatic rings. The summed E-state index contributed by atoms with van der Waals surface area (Å²) in [5, 5.41) is -1.15. The lowest BCUT2D eigenvalue weighted by atomic mass is 10.0. The van der Waals surface area contributed by atoms with Crippen LogP contribution in [0.15, 0.2) is 0 Å². The van der Waals surface area contributed by atoms with Crippen LogP contribution in [0.1, 0.15) is 26.2 Å². The molecule has 0 aromatic heterocycles. The third kappa shape index (κ3) is 3.89. The van der Waals surface area contributed by atoms with Crippen LogP contribution in [0.4, 0.5) is 0 Å². The Morgan fingerprint density at radius 3 is 2.21 bits per heavy atom. The molecule has 0 radical (unpaired) electrons. The van der Waals surface area contributed by atoms with Crippen molar-refractivity contribution in [3.63, 3.8) is 0 Å². The fourth-order valence-electron chi connectivity index (χ4n) is 1.23.